The minimum atomic E-state index is 0.348. The Labute approximate surface area is 83.9 Å². The highest BCUT2D eigenvalue weighted by Crippen LogP contribution is 2.23. The number of methoxy groups -OCH3 is 1. The van der Waals surface area contributed by atoms with Crippen molar-refractivity contribution in [1.29, 1.82) is 0 Å². The highest BCUT2D eigenvalue weighted by molar-refractivity contribution is 5.83. The molecular weight excluding hydrogens is 176 g/mol. The molecule has 0 N–H and O–H groups in total. The third-order valence-electron chi connectivity index (χ3n) is 2.72. The van der Waals surface area contributed by atoms with E-state index in [2.05, 4.69) is 6.07 Å². The number of rotatable bonds is 2. The van der Waals surface area contributed by atoms with E-state index in [4.69, 9.17) is 4.74 Å². The van der Waals surface area contributed by atoms with Gasteiger partial charge >= 0.3 is 0 Å². The van der Waals surface area contributed by atoms with Crippen LogP contribution in [0.2, 0.25) is 0 Å². The summed E-state index contributed by atoms with van der Waals surface area (Å²) in [7, 11) is 1.68. The molecule has 0 radical (unpaired) electrons. The number of aryl methyl sites for hydroxylation is 1. The maximum atomic E-state index is 11.3. The third kappa shape index (κ3) is 1.70. The van der Waals surface area contributed by atoms with Gasteiger partial charge in [0.15, 0.2) is 0 Å². The topological polar surface area (TPSA) is 26.3 Å². The van der Waals surface area contributed by atoms with Crippen LogP contribution in [0.4, 0.5) is 0 Å². The van der Waals surface area contributed by atoms with E-state index in [1.165, 1.54) is 11.1 Å². The zero-order valence-electron chi connectivity index (χ0n) is 8.38. The molecule has 2 nitrogen and oxygen atoms in total. The fourth-order valence-electron chi connectivity index (χ4n) is 2.00. The lowest BCUT2D eigenvalue weighted by Gasteiger charge is -2.18. The van der Waals surface area contributed by atoms with Gasteiger partial charge in [-0.15, -0.1) is 0 Å². The Balaban J connectivity index is 2.38. The summed E-state index contributed by atoms with van der Waals surface area (Å²) in [5.74, 6) is 0.348. The molecule has 0 saturated carbocycles. The Morgan fingerprint density at radius 2 is 2.21 bits per heavy atom. The molecule has 74 valence electrons. The van der Waals surface area contributed by atoms with Crippen LogP contribution in [0.3, 0.4) is 0 Å². The second kappa shape index (κ2) is 3.93. The van der Waals surface area contributed by atoms with Crippen molar-refractivity contribution in [2.75, 3.05) is 7.11 Å². The first-order valence-corrected chi connectivity index (χ1v) is 4.91. The Hall–Kier alpha value is -1.15. The van der Waals surface area contributed by atoms with E-state index in [9.17, 15) is 4.79 Å². The monoisotopic (exact) mass is 190 g/mol. The quantitative estimate of drug-likeness (QED) is 0.711. The van der Waals surface area contributed by atoms with Gasteiger partial charge in [-0.2, -0.15) is 0 Å². The van der Waals surface area contributed by atoms with Gasteiger partial charge in [0, 0.05) is 20.0 Å². The number of carbonyl (C=O) groups is 1. The Morgan fingerprint density at radius 1 is 1.36 bits per heavy atom. The molecule has 0 amide bonds. The largest absolute Gasteiger partial charge is 0.380 e. The van der Waals surface area contributed by atoms with Crippen molar-refractivity contribution in [3.05, 3.63) is 34.9 Å². The summed E-state index contributed by atoms with van der Waals surface area (Å²) in [6, 6.07) is 6.20. The van der Waals surface area contributed by atoms with E-state index in [1.54, 1.807) is 7.11 Å². The van der Waals surface area contributed by atoms with Crippen LogP contribution in [0.5, 0.6) is 0 Å². The number of hydrogen-bond donors (Lipinski definition) is 0. The number of benzene rings is 1. The maximum Gasteiger partial charge on any atom is 0.137 e. The summed E-state index contributed by atoms with van der Waals surface area (Å²) in [5, 5.41) is 0. The number of ketones is 1. The molecule has 0 aromatic heterocycles. The van der Waals surface area contributed by atoms with Crippen LogP contribution < -0.4 is 0 Å². The van der Waals surface area contributed by atoms with Crippen LogP contribution in [0, 0.1) is 0 Å². The lowest BCUT2D eigenvalue weighted by atomic mass is 9.88. The maximum absolute atomic E-state index is 11.3. The molecule has 1 aromatic carbocycles. The summed E-state index contributed by atoms with van der Waals surface area (Å²) in [4.78, 5) is 11.3. The Morgan fingerprint density at radius 3 is 3.00 bits per heavy atom. The predicted molar refractivity (Wildman–Crippen MR) is 54.2 cm³/mol. The second-order valence-corrected chi connectivity index (χ2v) is 3.70. The second-order valence-electron chi connectivity index (χ2n) is 3.70. The van der Waals surface area contributed by atoms with Crippen molar-refractivity contribution in [2.45, 2.75) is 25.9 Å². The van der Waals surface area contributed by atoms with Gasteiger partial charge in [-0.1, -0.05) is 18.2 Å². The van der Waals surface area contributed by atoms with Gasteiger partial charge in [0.25, 0.3) is 0 Å². The van der Waals surface area contributed by atoms with E-state index in [0.717, 1.165) is 12.0 Å². The first-order valence-electron chi connectivity index (χ1n) is 4.91. The molecule has 0 atom stereocenters. The minimum Gasteiger partial charge on any atom is -0.380 e. The third-order valence-corrected chi connectivity index (χ3v) is 2.72. The number of fused-ring (bicyclic) bond motifs is 1. The van der Waals surface area contributed by atoms with E-state index in [1.807, 2.05) is 12.1 Å². The number of carbonyl (C=O) groups excluding carboxylic acids is 1. The zero-order chi connectivity index (χ0) is 9.97. The summed E-state index contributed by atoms with van der Waals surface area (Å²) in [6.45, 7) is 0.608. The van der Waals surface area contributed by atoms with E-state index in [0.29, 0.717) is 25.2 Å². The number of ether oxygens (including phenoxy) is 1. The molecule has 0 fully saturated rings. The Kier molecular flexibility index (Phi) is 2.64. The lowest BCUT2D eigenvalue weighted by molar-refractivity contribution is -0.118. The van der Waals surface area contributed by atoms with Gasteiger partial charge in [-0.05, 0) is 23.1 Å². The molecular formula is C12H14O2. The van der Waals surface area contributed by atoms with Crippen LogP contribution in [-0.4, -0.2) is 12.9 Å². The molecule has 2 rings (SSSR count). The normalized spacial score (nSPS) is 15.4. The van der Waals surface area contributed by atoms with Crippen LogP contribution in [0.15, 0.2) is 18.2 Å². The summed E-state index contributed by atoms with van der Waals surface area (Å²) in [6.07, 6.45) is 2.18. The standard InChI is InChI=1S/C12H14O2/c1-14-8-10-4-2-3-9-5-6-11(13)7-12(9)10/h2-4H,5-8H2,1H3. The minimum absolute atomic E-state index is 0.348. The van der Waals surface area contributed by atoms with Gasteiger partial charge in [0.1, 0.15) is 5.78 Å². The van der Waals surface area contributed by atoms with Crippen molar-refractivity contribution < 1.29 is 9.53 Å². The van der Waals surface area contributed by atoms with Crippen molar-refractivity contribution in [3.63, 3.8) is 0 Å². The fraction of sp³-hybridized carbons (Fsp3) is 0.417. The van der Waals surface area contributed by atoms with Crippen molar-refractivity contribution in [2.24, 2.45) is 0 Å². The van der Waals surface area contributed by atoms with Crippen LogP contribution in [-0.2, 0) is 29.0 Å². The molecule has 0 saturated heterocycles. The first kappa shape index (κ1) is 9.41. The summed E-state index contributed by atoms with van der Waals surface area (Å²) >= 11 is 0. The molecule has 0 spiro atoms. The van der Waals surface area contributed by atoms with Crippen LogP contribution in [0.1, 0.15) is 23.1 Å². The molecule has 1 aliphatic carbocycles. The van der Waals surface area contributed by atoms with Crippen molar-refractivity contribution in [3.8, 4) is 0 Å². The summed E-state index contributed by atoms with van der Waals surface area (Å²) in [5.41, 5.74) is 3.68. The number of Topliss-reactive ketones (excluding diaryl/α,β-unsaturated/α-hetero) is 1. The predicted octanol–water partition coefficient (Wildman–Crippen LogP) is 1.89. The highest BCUT2D eigenvalue weighted by atomic mass is 16.5. The first-order chi connectivity index (χ1) is 6.81. The highest BCUT2D eigenvalue weighted by Gasteiger charge is 2.17. The van der Waals surface area contributed by atoms with Gasteiger partial charge < -0.3 is 4.74 Å². The molecule has 14 heavy (non-hydrogen) atoms. The van der Waals surface area contributed by atoms with E-state index in [-0.39, 0.29) is 0 Å². The molecule has 0 heterocycles. The zero-order valence-corrected chi connectivity index (χ0v) is 8.38. The average Bonchev–Trinajstić information content (AvgIpc) is 2.19. The molecule has 0 bridgehead atoms. The molecule has 1 aromatic rings. The van der Waals surface area contributed by atoms with Crippen molar-refractivity contribution in [1.82, 2.24) is 0 Å². The van der Waals surface area contributed by atoms with E-state index >= 15 is 0 Å². The molecule has 2 heteroatoms. The molecule has 0 unspecified atom stereocenters. The molecule has 0 aliphatic heterocycles. The van der Waals surface area contributed by atoms with Gasteiger partial charge in [0.05, 0.1) is 6.61 Å². The van der Waals surface area contributed by atoms with Crippen molar-refractivity contribution >= 4 is 5.78 Å². The SMILES string of the molecule is COCc1cccc2c1CC(=O)CC2. The number of hydrogen-bond acceptors (Lipinski definition) is 2. The van der Waals surface area contributed by atoms with E-state index < -0.39 is 0 Å². The average molecular weight is 190 g/mol. The van der Waals surface area contributed by atoms with Gasteiger partial charge in [-0.3, -0.25) is 4.79 Å². The summed E-state index contributed by atoms with van der Waals surface area (Å²) < 4.78 is 5.12. The fourth-order valence-corrected chi connectivity index (χ4v) is 2.00. The van der Waals surface area contributed by atoms with Crippen LogP contribution >= 0.6 is 0 Å². The smallest absolute Gasteiger partial charge is 0.137 e. The van der Waals surface area contributed by atoms with Gasteiger partial charge in [0.2, 0.25) is 0 Å². The van der Waals surface area contributed by atoms with Crippen LogP contribution in [0.25, 0.3) is 0 Å². The lowest BCUT2D eigenvalue weighted by Crippen LogP contribution is -2.15. The van der Waals surface area contributed by atoms with Gasteiger partial charge in [-0.25, -0.2) is 0 Å². The molecule has 1 aliphatic rings. The Bertz CT molecular complexity index is 355.